The van der Waals surface area contributed by atoms with Gasteiger partial charge in [0.1, 0.15) is 11.8 Å². The van der Waals surface area contributed by atoms with Crippen LogP contribution in [0.2, 0.25) is 5.02 Å². The number of hydrogen-bond donors (Lipinski definition) is 5. The van der Waals surface area contributed by atoms with E-state index < -0.39 is 6.10 Å². The quantitative estimate of drug-likeness (QED) is 0.288. The van der Waals surface area contributed by atoms with Crippen molar-refractivity contribution >= 4 is 58.7 Å². The number of benzene rings is 1. The average molecular weight is 511 g/mol. The molecule has 2 aliphatic rings. The third-order valence-electron chi connectivity index (χ3n) is 6.23. The maximum atomic E-state index is 12.1. The number of hydrogen-bond acceptors (Lipinski definition) is 10. The van der Waals surface area contributed by atoms with Crippen LogP contribution < -0.4 is 15.5 Å². The van der Waals surface area contributed by atoms with Gasteiger partial charge in [-0.1, -0.05) is 11.6 Å². The van der Waals surface area contributed by atoms with Crippen LogP contribution in [-0.2, 0) is 4.79 Å². The monoisotopic (exact) mass is 510 g/mol. The minimum atomic E-state index is -1.03. The molecule has 2 fully saturated rings. The van der Waals surface area contributed by atoms with E-state index in [2.05, 4.69) is 30.6 Å². The van der Waals surface area contributed by atoms with Crippen molar-refractivity contribution in [2.24, 2.45) is 0 Å². The molecule has 0 spiro atoms. The Balaban J connectivity index is 1.45. The summed E-state index contributed by atoms with van der Waals surface area (Å²) in [5.41, 5.74) is 2.95. The Morgan fingerprint density at radius 2 is 1.97 bits per heavy atom. The molecule has 1 aliphatic heterocycles. The molecule has 12 nitrogen and oxygen atoms in total. The van der Waals surface area contributed by atoms with Crippen molar-refractivity contribution in [1.82, 2.24) is 24.5 Å². The summed E-state index contributed by atoms with van der Waals surface area (Å²) in [6.07, 6.45) is 5.08. The minimum absolute atomic E-state index is 0.272. The van der Waals surface area contributed by atoms with Crippen LogP contribution in [0.5, 0.6) is 0 Å². The van der Waals surface area contributed by atoms with Gasteiger partial charge in [0.15, 0.2) is 11.5 Å². The molecule has 5 N–H and O–H groups in total. The minimum Gasteiger partial charge on any atom is -0.384 e. The average Bonchev–Trinajstić information content (AvgIpc) is 3.60. The number of carbonyl (C=O) groups excluding carboxylic acids is 1. The lowest BCUT2D eigenvalue weighted by Gasteiger charge is -2.37. The number of piperazine rings is 1. The second kappa shape index (κ2) is 9.70. The fourth-order valence-electron chi connectivity index (χ4n) is 4.16. The lowest BCUT2D eigenvalue weighted by atomic mass is 10.1. The lowest BCUT2D eigenvalue weighted by molar-refractivity contribution is -0.139. The van der Waals surface area contributed by atoms with E-state index in [0.717, 1.165) is 18.5 Å². The third-order valence-corrected chi connectivity index (χ3v) is 6.63. The Morgan fingerprint density at radius 1 is 1.22 bits per heavy atom. The molecule has 1 amide bonds. The largest absolute Gasteiger partial charge is 0.384 e. The molecule has 0 radical (unpaired) electrons. The lowest BCUT2D eigenvalue weighted by Crippen LogP contribution is -2.51. The number of imidazole rings is 1. The molecule has 1 atom stereocenters. The predicted octanol–water partition coefficient (Wildman–Crippen LogP) is 2.12. The van der Waals surface area contributed by atoms with Crippen molar-refractivity contribution in [3.8, 4) is 0 Å². The van der Waals surface area contributed by atoms with Gasteiger partial charge >= 0.3 is 0 Å². The molecule has 13 heteroatoms. The summed E-state index contributed by atoms with van der Waals surface area (Å²) >= 11 is 6.83. The molecule has 1 aliphatic carbocycles. The Hall–Kier alpha value is -3.77. The van der Waals surface area contributed by atoms with Gasteiger partial charge in [-0.25, -0.2) is 9.50 Å². The van der Waals surface area contributed by atoms with Crippen molar-refractivity contribution in [1.29, 1.82) is 10.8 Å². The topological polar surface area (TPSA) is 159 Å². The molecule has 2 aromatic heterocycles. The number of aliphatic hydroxyl groups is 1. The number of rotatable bonds is 8. The summed E-state index contributed by atoms with van der Waals surface area (Å²) in [5.74, 6) is 0.555. The Bertz CT molecular complexity index is 1330. The van der Waals surface area contributed by atoms with Crippen LogP contribution in [0.3, 0.4) is 0 Å². The van der Waals surface area contributed by atoms with Crippen LogP contribution in [0.15, 0.2) is 18.3 Å². The second-order valence-electron chi connectivity index (χ2n) is 8.92. The molecular weight excluding hydrogens is 484 g/mol. The van der Waals surface area contributed by atoms with Gasteiger partial charge in [-0.2, -0.15) is 4.98 Å². The molecule has 3 aromatic rings. The van der Waals surface area contributed by atoms with Gasteiger partial charge in [0.05, 0.1) is 22.6 Å². The van der Waals surface area contributed by atoms with Gasteiger partial charge in [-0.05, 0) is 37.5 Å². The zero-order valence-corrected chi connectivity index (χ0v) is 20.5. The van der Waals surface area contributed by atoms with E-state index >= 15 is 0 Å². The number of nitrogens with one attached hydrogen (secondary N) is 4. The zero-order chi connectivity index (χ0) is 25.4. The Kier molecular flexibility index (Phi) is 6.46. The number of aliphatic hydroxyl groups excluding tert-OH is 1. The van der Waals surface area contributed by atoms with E-state index in [1.54, 1.807) is 21.7 Å². The summed E-state index contributed by atoms with van der Waals surface area (Å²) < 4.78 is 1.56. The van der Waals surface area contributed by atoms with Gasteiger partial charge in [-0.15, -0.1) is 5.10 Å². The highest BCUT2D eigenvalue weighted by atomic mass is 35.5. The summed E-state index contributed by atoms with van der Waals surface area (Å²) in [6, 6.07) is 3.92. The smallest absolute Gasteiger partial charge is 0.251 e. The summed E-state index contributed by atoms with van der Waals surface area (Å²) in [5, 5.41) is 36.6. The third kappa shape index (κ3) is 4.69. The number of carbonyl (C=O) groups is 1. The first-order valence-electron chi connectivity index (χ1n) is 11.7. The van der Waals surface area contributed by atoms with E-state index in [-0.39, 0.29) is 11.9 Å². The maximum Gasteiger partial charge on any atom is 0.251 e. The van der Waals surface area contributed by atoms with Gasteiger partial charge in [0.2, 0.25) is 5.95 Å². The highest BCUT2D eigenvalue weighted by molar-refractivity contribution is 6.36. The van der Waals surface area contributed by atoms with Gasteiger partial charge in [0, 0.05) is 44.7 Å². The van der Waals surface area contributed by atoms with Crippen LogP contribution in [0, 0.1) is 10.8 Å². The van der Waals surface area contributed by atoms with Crippen molar-refractivity contribution in [3.63, 3.8) is 0 Å². The molecule has 3 heterocycles. The van der Waals surface area contributed by atoms with Crippen LogP contribution >= 0.6 is 11.6 Å². The molecule has 36 heavy (non-hydrogen) atoms. The molecule has 188 valence electrons. The van der Waals surface area contributed by atoms with Crippen LogP contribution in [0.4, 0.5) is 23.1 Å². The maximum absolute atomic E-state index is 12.1. The molecular formula is C23H27ClN10O2. The zero-order valence-electron chi connectivity index (χ0n) is 19.7. The fourth-order valence-corrected chi connectivity index (χ4v) is 4.43. The highest BCUT2D eigenvalue weighted by Gasteiger charge is 2.27. The second-order valence-corrected chi connectivity index (χ2v) is 9.30. The standard InChI is InChI=1S/C23H27ClN10O2/c1-13(35)22(36)33-6-4-32(5-7-33)18-9-14(10-25)8-17(19(18)24)29-23-30-20(28-15-2-3-15)21-27-12-16(11-26)34(21)31-23/h8-13,15,25-26,35H,2-7H2,1H3,(H2,28,29,30,31). The van der Waals surface area contributed by atoms with Gasteiger partial charge < -0.3 is 36.4 Å². The number of amides is 1. The van der Waals surface area contributed by atoms with E-state index in [9.17, 15) is 9.90 Å². The molecule has 0 bridgehead atoms. The van der Waals surface area contributed by atoms with Crippen molar-refractivity contribution in [3.05, 3.63) is 34.6 Å². The number of nitrogens with zero attached hydrogens (tertiary/aromatic N) is 6. The molecule has 1 aromatic carbocycles. The number of fused-ring (bicyclic) bond motifs is 1. The molecule has 5 rings (SSSR count). The van der Waals surface area contributed by atoms with Crippen LogP contribution in [0.25, 0.3) is 5.65 Å². The summed E-state index contributed by atoms with van der Waals surface area (Å²) in [6.45, 7) is 3.46. The van der Waals surface area contributed by atoms with E-state index in [0.29, 0.717) is 65.7 Å². The molecule has 1 saturated heterocycles. The van der Waals surface area contributed by atoms with E-state index in [1.165, 1.54) is 19.4 Å². The first kappa shape index (κ1) is 23.9. The van der Waals surface area contributed by atoms with Crippen molar-refractivity contribution < 1.29 is 9.90 Å². The van der Waals surface area contributed by atoms with E-state index in [1.807, 2.05) is 6.07 Å². The van der Waals surface area contributed by atoms with Crippen molar-refractivity contribution in [2.75, 3.05) is 41.7 Å². The van der Waals surface area contributed by atoms with Gasteiger partial charge in [0.25, 0.3) is 5.91 Å². The first-order valence-corrected chi connectivity index (χ1v) is 12.1. The normalized spacial score (nSPS) is 16.6. The van der Waals surface area contributed by atoms with Crippen LogP contribution in [0.1, 0.15) is 31.0 Å². The predicted molar refractivity (Wildman–Crippen MR) is 138 cm³/mol. The molecule has 1 unspecified atom stereocenters. The number of anilines is 4. The summed E-state index contributed by atoms with van der Waals surface area (Å²) in [7, 11) is 0. The fraction of sp³-hybridized carbons (Fsp3) is 0.391. The van der Waals surface area contributed by atoms with E-state index in [4.69, 9.17) is 22.4 Å². The SMILES string of the molecule is CC(O)C(=O)N1CCN(c2cc(C=N)cc(Nc3nc(NC4CC4)c4ncc(C=N)n4n3)c2Cl)CC1. The van der Waals surface area contributed by atoms with Crippen molar-refractivity contribution in [2.45, 2.75) is 31.9 Å². The molecule has 1 saturated carbocycles. The number of aromatic nitrogens is 4. The summed E-state index contributed by atoms with van der Waals surface area (Å²) in [4.78, 5) is 24.8. The number of halogens is 1. The van der Waals surface area contributed by atoms with Crippen LogP contribution in [-0.4, -0.2) is 86.2 Å². The Morgan fingerprint density at radius 3 is 2.61 bits per heavy atom. The Labute approximate surface area is 212 Å². The first-order chi connectivity index (χ1) is 17.4. The highest BCUT2D eigenvalue weighted by Crippen LogP contribution is 2.36. The van der Waals surface area contributed by atoms with Gasteiger partial charge in [-0.3, -0.25) is 4.79 Å².